The minimum absolute atomic E-state index is 0.0296. The molecule has 1 N–H and O–H groups in total. The Hall–Kier alpha value is -2.23. The summed E-state index contributed by atoms with van der Waals surface area (Å²) in [6, 6.07) is 5.89. The van der Waals surface area contributed by atoms with Gasteiger partial charge in [0, 0.05) is 24.5 Å². The largest absolute Gasteiger partial charge is 0.352 e. The zero-order valence-electron chi connectivity index (χ0n) is 11.2. The molecule has 4 nitrogen and oxygen atoms in total. The molecule has 0 aliphatic rings. The van der Waals surface area contributed by atoms with Gasteiger partial charge in [0.1, 0.15) is 6.33 Å². The monoisotopic (exact) mass is 255 g/mol. The summed E-state index contributed by atoms with van der Waals surface area (Å²) in [4.78, 5) is 20.0. The number of nitrogens with one attached hydrogen (secondary N) is 1. The lowest BCUT2D eigenvalue weighted by Gasteiger charge is -2.08. The van der Waals surface area contributed by atoms with E-state index in [0.717, 1.165) is 28.7 Å². The molecular formula is C15H17N3O. The van der Waals surface area contributed by atoms with Crippen molar-refractivity contribution < 1.29 is 4.79 Å². The molecule has 0 aliphatic heterocycles. The molecule has 1 aromatic carbocycles. The van der Waals surface area contributed by atoms with Crippen molar-refractivity contribution in [2.24, 2.45) is 0 Å². The third kappa shape index (κ3) is 3.61. The van der Waals surface area contributed by atoms with Crippen molar-refractivity contribution in [2.45, 2.75) is 20.3 Å². The number of carbonyl (C=O) groups excluding carboxylic acids is 1. The summed E-state index contributed by atoms with van der Waals surface area (Å²) >= 11 is 0. The predicted molar refractivity (Wildman–Crippen MR) is 74.0 cm³/mol. The number of nitrogens with zero attached hydrogens (tertiary/aromatic N) is 2. The van der Waals surface area contributed by atoms with Crippen LogP contribution < -0.4 is 5.32 Å². The van der Waals surface area contributed by atoms with Crippen molar-refractivity contribution in [1.82, 2.24) is 15.3 Å². The van der Waals surface area contributed by atoms with Crippen LogP contribution in [0.2, 0.25) is 0 Å². The Morgan fingerprint density at radius 3 is 2.68 bits per heavy atom. The van der Waals surface area contributed by atoms with Gasteiger partial charge in [-0.1, -0.05) is 17.7 Å². The quantitative estimate of drug-likeness (QED) is 0.910. The van der Waals surface area contributed by atoms with Gasteiger partial charge >= 0.3 is 0 Å². The van der Waals surface area contributed by atoms with Crippen molar-refractivity contribution in [3.05, 3.63) is 59.2 Å². The van der Waals surface area contributed by atoms with Crippen molar-refractivity contribution in [2.75, 3.05) is 6.54 Å². The number of aryl methyl sites for hydroxylation is 2. The average molecular weight is 255 g/mol. The fourth-order valence-electron chi connectivity index (χ4n) is 1.86. The molecule has 4 heteroatoms. The Bertz CT molecular complexity index is 567. The molecule has 0 atom stereocenters. The Kier molecular flexibility index (Phi) is 4.23. The van der Waals surface area contributed by atoms with Crippen LogP contribution in [0, 0.1) is 13.8 Å². The second kappa shape index (κ2) is 6.09. The highest BCUT2D eigenvalue weighted by molar-refractivity contribution is 5.95. The molecule has 0 bridgehead atoms. The Balaban J connectivity index is 1.93. The molecule has 0 unspecified atom stereocenters. The number of benzene rings is 1. The predicted octanol–water partition coefficient (Wildman–Crippen LogP) is 2.07. The summed E-state index contributed by atoms with van der Waals surface area (Å²) in [7, 11) is 0. The molecule has 98 valence electrons. The van der Waals surface area contributed by atoms with Crippen molar-refractivity contribution in [1.29, 1.82) is 0 Å². The summed E-state index contributed by atoms with van der Waals surface area (Å²) in [6.07, 6.45) is 5.75. The van der Waals surface area contributed by atoms with Gasteiger partial charge in [-0.15, -0.1) is 0 Å². The molecule has 0 fully saturated rings. The third-order valence-electron chi connectivity index (χ3n) is 2.95. The van der Waals surface area contributed by atoms with Crippen molar-refractivity contribution in [3.8, 4) is 0 Å². The topological polar surface area (TPSA) is 54.9 Å². The number of carbonyl (C=O) groups is 1. The average Bonchev–Trinajstić information content (AvgIpc) is 2.42. The highest BCUT2D eigenvalue weighted by Crippen LogP contribution is 2.10. The highest BCUT2D eigenvalue weighted by Gasteiger charge is 2.08. The van der Waals surface area contributed by atoms with Gasteiger partial charge in [0.15, 0.2) is 0 Å². The molecule has 2 rings (SSSR count). The lowest BCUT2D eigenvalue weighted by molar-refractivity contribution is 0.0953. The summed E-state index contributed by atoms with van der Waals surface area (Å²) in [6.45, 7) is 4.51. The van der Waals surface area contributed by atoms with E-state index in [-0.39, 0.29) is 5.91 Å². The molecule has 2 aromatic rings. The maximum atomic E-state index is 12.1. The Morgan fingerprint density at radius 2 is 1.95 bits per heavy atom. The summed E-state index contributed by atoms with van der Waals surface area (Å²) in [5, 5.41) is 2.92. The van der Waals surface area contributed by atoms with Crippen LogP contribution in [0.25, 0.3) is 0 Å². The number of aromatic nitrogens is 2. The smallest absolute Gasteiger partial charge is 0.251 e. The normalized spacial score (nSPS) is 10.2. The van der Waals surface area contributed by atoms with E-state index in [2.05, 4.69) is 15.3 Å². The standard InChI is InChI=1S/C15H17N3O/c1-11-3-4-12(2)14(7-11)15(19)18-6-5-13-8-16-10-17-9-13/h3-4,7-10H,5-6H2,1-2H3,(H,18,19). The molecule has 1 aromatic heterocycles. The van der Waals surface area contributed by atoms with Crippen LogP contribution >= 0.6 is 0 Å². The molecule has 1 amide bonds. The van der Waals surface area contributed by atoms with Gasteiger partial charge in [-0.2, -0.15) is 0 Å². The fraction of sp³-hybridized carbons (Fsp3) is 0.267. The van der Waals surface area contributed by atoms with E-state index in [4.69, 9.17) is 0 Å². The number of amides is 1. The second-order valence-corrected chi connectivity index (χ2v) is 4.57. The van der Waals surface area contributed by atoms with E-state index >= 15 is 0 Å². The molecule has 0 spiro atoms. The molecule has 0 radical (unpaired) electrons. The highest BCUT2D eigenvalue weighted by atomic mass is 16.1. The van der Waals surface area contributed by atoms with Gasteiger partial charge in [0.2, 0.25) is 0 Å². The second-order valence-electron chi connectivity index (χ2n) is 4.57. The van der Waals surface area contributed by atoms with E-state index in [1.807, 2.05) is 32.0 Å². The van der Waals surface area contributed by atoms with E-state index in [1.165, 1.54) is 6.33 Å². The maximum Gasteiger partial charge on any atom is 0.251 e. The first-order chi connectivity index (χ1) is 9.16. The van der Waals surface area contributed by atoms with E-state index in [9.17, 15) is 4.79 Å². The first-order valence-electron chi connectivity index (χ1n) is 6.26. The Labute approximate surface area is 112 Å². The lowest BCUT2D eigenvalue weighted by atomic mass is 10.1. The van der Waals surface area contributed by atoms with Gasteiger partial charge < -0.3 is 5.32 Å². The third-order valence-corrected chi connectivity index (χ3v) is 2.95. The van der Waals surface area contributed by atoms with Crippen LogP contribution in [-0.2, 0) is 6.42 Å². The van der Waals surface area contributed by atoms with Crippen molar-refractivity contribution >= 4 is 5.91 Å². The van der Waals surface area contributed by atoms with Gasteiger partial charge in [0.25, 0.3) is 5.91 Å². The molecule has 19 heavy (non-hydrogen) atoms. The fourth-order valence-corrected chi connectivity index (χ4v) is 1.86. The summed E-state index contributed by atoms with van der Waals surface area (Å²) in [5.41, 5.74) is 3.84. The van der Waals surface area contributed by atoms with Crippen LogP contribution in [0.1, 0.15) is 27.0 Å². The molecular weight excluding hydrogens is 238 g/mol. The lowest BCUT2D eigenvalue weighted by Crippen LogP contribution is -2.26. The van der Waals surface area contributed by atoms with Gasteiger partial charge in [-0.3, -0.25) is 4.79 Å². The maximum absolute atomic E-state index is 12.1. The first kappa shape index (κ1) is 13.2. The minimum atomic E-state index is -0.0296. The van der Waals surface area contributed by atoms with Gasteiger partial charge in [-0.05, 0) is 37.5 Å². The zero-order chi connectivity index (χ0) is 13.7. The number of hydrogen-bond donors (Lipinski definition) is 1. The summed E-state index contributed by atoms with van der Waals surface area (Å²) < 4.78 is 0. The van der Waals surface area contributed by atoms with Crippen molar-refractivity contribution in [3.63, 3.8) is 0 Å². The summed E-state index contributed by atoms with van der Waals surface area (Å²) in [5.74, 6) is -0.0296. The van der Waals surface area contributed by atoms with E-state index < -0.39 is 0 Å². The minimum Gasteiger partial charge on any atom is -0.352 e. The molecule has 0 saturated carbocycles. The van der Waals surface area contributed by atoms with Gasteiger partial charge in [0.05, 0.1) is 0 Å². The van der Waals surface area contributed by atoms with Crippen LogP contribution in [-0.4, -0.2) is 22.4 Å². The number of rotatable bonds is 4. The SMILES string of the molecule is Cc1ccc(C)c(C(=O)NCCc2cncnc2)c1. The van der Waals surface area contributed by atoms with Crippen LogP contribution in [0.4, 0.5) is 0 Å². The van der Waals surface area contributed by atoms with Crippen LogP contribution in [0.15, 0.2) is 36.9 Å². The van der Waals surface area contributed by atoms with E-state index in [0.29, 0.717) is 6.54 Å². The Morgan fingerprint density at radius 1 is 1.21 bits per heavy atom. The molecule has 1 heterocycles. The molecule has 0 aliphatic carbocycles. The van der Waals surface area contributed by atoms with E-state index in [1.54, 1.807) is 12.4 Å². The zero-order valence-corrected chi connectivity index (χ0v) is 11.2. The first-order valence-corrected chi connectivity index (χ1v) is 6.26. The van der Waals surface area contributed by atoms with Crippen LogP contribution in [0.5, 0.6) is 0 Å². The van der Waals surface area contributed by atoms with Crippen LogP contribution in [0.3, 0.4) is 0 Å². The van der Waals surface area contributed by atoms with Gasteiger partial charge in [-0.25, -0.2) is 9.97 Å². The molecule has 0 saturated heterocycles. The number of hydrogen-bond acceptors (Lipinski definition) is 3.